The van der Waals surface area contributed by atoms with Crippen LogP contribution in [0.3, 0.4) is 0 Å². The molecule has 0 amide bonds. The molecule has 0 unspecified atom stereocenters. The highest BCUT2D eigenvalue weighted by Gasteiger charge is 2.36. The Hall–Kier alpha value is -2.02. The highest BCUT2D eigenvalue weighted by molar-refractivity contribution is 5.70. The van der Waals surface area contributed by atoms with E-state index in [1.807, 2.05) is 25.1 Å². The largest absolute Gasteiger partial charge is 0.481 e. The minimum atomic E-state index is -0.792. The van der Waals surface area contributed by atoms with Gasteiger partial charge in [0.05, 0.1) is 17.7 Å². The van der Waals surface area contributed by atoms with Crippen LogP contribution < -0.4 is 5.32 Å². The van der Waals surface area contributed by atoms with Crippen LogP contribution in [0.15, 0.2) is 18.2 Å². The van der Waals surface area contributed by atoms with E-state index in [9.17, 15) is 10.1 Å². The molecule has 4 heteroatoms. The zero-order valence-electron chi connectivity index (χ0n) is 11.1. The van der Waals surface area contributed by atoms with Crippen LogP contribution in [0.25, 0.3) is 0 Å². The molecule has 0 heterocycles. The van der Waals surface area contributed by atoms with Gasteiger partial charge in [-0.05, 0) is 37.5 Å². The summed E-state index contributed by atoms with van der Waals surface area (Å²) in [6.07, 6.45) is 3.86. The number of rotatable bonds is 4. The van der Waals surface area contributed by atoms with Gasteiger partial charge in [-0.15, -0.1) is 0 Å². The first-order valence-electron chi connectivity index (χ1n) is 6.55. The Morgan fingerprint density at radius 2 is 2.16 bits per heavy atom. The van der Waals surface area contributed by atoms with Gasteiger partial charge >= 0.3 is 5.97 Å². The first-order valence-corrected chi connectivity index (χ1v) is 6.55. The van der Waals surface area contributed by atoms with Crippen LogP contribution >= 0.6 is 0 Å². The minimum absolute atomic E-state index is 0.103. The van der Waals surface area contributed by atoms with Crippen molar-refractivity contribution in [2.45, 2.75) is 44.6 Å². The number of hydrogen-bond donors (Lipinski definition) is 2. The number of carboxylic acid groups (broad SMARTS) is 1. The van der Waals surface area contributed by atoms with E-state index >= 15 is 0 Å². The van der Waals surface area contributed by atoms with Crippen LogP contribution in [0.4, 0.5) is 5.69 Å². The Bertz CT molecular complexity index is 525. The summed E-state index contributed by atoms with van der Waals surface area (Å²) < 4.78 is 0. The average Bonchev–Trinajstić information content (AvgIpc) is 2.79. The molecule has 1 aliphatic rings. The summed E-state index contributed by atoms with van der Waals surface area (Å²) in [4.78, 5) is 11.1. The highest BCUT2D eigenvalue weighted by Crippen LogP contribution is 2.36. The van der Waals surface area contributed by atoms with E-state index in [0.717, 1.165) is 36.9 Å². The predicted molar refractivity (Wildman–Crippen MR) is 73.0 cm³/mol. The van der Waals surface area contributed by atoms with Crippen LogP contribution in [0.2, 0.25) is 0 Å². The van der Waals surface area contributed by atoms with Gasteiger partial charge in [0.25, 0.3) is 0 Å². The SMILES string of the molecule is Cc1ccc(NC2(CC(=O)O)CCCC2)c(C#N)c1. The van der Waals surface area contributed by atoms with Gasteiger partial charge in [0.15, 0.2) is 0 Å². The van der Waals surface area contributed by atoms with Gasteiger partial charge in [0.1, 0.15) is 6.07 Å². The summed E-state index contributed by atoms with van der Waals surface area (Å²) in [5, 5.41) is 21.6. The van der Waals surface area contributed by atoms with Gasteiger partial charge < -0.3 is 10.4 Å². The highest BCUT2D eigenvalue weighted by atomic mass is 16.4. The van der Waals surface area contributed by atoms with Crippen LogP contribution in [-0.2, 0) is 4.79 Å². The minimum Gasteiger partial charge on any atom is -0.481 e. The molecule has 1 saturated carbocycles. The molecule has 4 nitrogen and oxygen atoms in total. The van der Waals surface area contributed by atoms with Gasteiger partial charge in [-0.3, -0.25) is 4.79 Å². The number of anilines is 1. The molecule has 0 spiro atoms. The standard InChI is InChI=1S/C15H18N2O2/c1-11-4-5-13(12(8-11)10-16)17-15(9-14(18)19)6-2-3-7-15/h4-5,8,17H,2-3,6-7,9H2,1H3,(H,18,19). The maximum atomic E-state index is 11.1. The number of carboxylic acids is 1. The number of nitrogens with one attached hydrogen (secondary N) is 1. The number of aryl methyl sites for hydroxylation is 1. The molecule has 0 radical (unpaired) electrons. The Labute approximate surface area is 113 Å². The van der Waals surface area contributed by atoms with Crippen molar-refractivity contribution in [2.24, 2.45) is 0 Å². The zero-order valence-corrected chi connectivity index (χ0v) is 11.1. The molecule has 0 bridgehead atoms. The molecular formula is C15H18N2O2. The van der Waals surface area contributed by atoms with Crippen molar-refractivity contribution in [1.29, 1.82) is 5.26 Å². The predicted octanol–water partition coefficient (Wildman–Crippen LogP) is 3.07. The Kier molecular flexibility index (Phi) is 3.75. The first-order chi connectivity index (χ1) is 9.04. The number of hydrogen-bond acceptors (Lipinski definition) is 3. The van der Waals surface area contributed by atoms with Gasteiger partial charge in [-0.2, -0.15) is 5.26 Å². The first kappa shape index (κ1) is 13.4. The molecule has 1 aromatic rings. The molecule has 0 atom stereocenters. The number of aliphatic carboxylic acids is 1. The van der Waals surface area contributed by atoms with Crippen molar-refractivity contribution >= 4 is 11.7 Å². The summed E-state index contributed by atoms with van der Waals surface area (Å²) >= 11 is 0. The lowest BCUT2D eigenvalue weighted by atomic mass is 9.92. The van der Waals surface area contributed by atoms with E-state index in [0.29, 0.717) is 5.56 Å². The monoisotopic (exact) mass is 258 g/mol. The van der Waals surface area contributed by atoms with Crippen LogP contribution in [-0.4, -0.2) is 16.6 Å². The molecule has 2 rings (SSSR count). The fraction of sp³-hybridized carbons (Fsp3) is 0.467. The number of nitrogens with zero attached hydrogens (tertiary/aromatic N) is 1. The smallest absolute Gasteiger partial charge is 0.305 e. The second-order valence-electron chi connectivity index (χ2n) is 5.34. The van der Waals surface area contributed by atoms with Crippen LogP contribution in [0.5, 0.6) is 0 Å². The Balaban J connectivity index is 2.27. The molecule has 1 aliphatic carbocycles. The molecule has 100 valence electrons. The third-order valence-electron chi connectivity index (χ3n) is 3.75. The average molecular weight is 258 g/mol. The summed E-state index contributed by atoms with van der Waals surface area (Å²) in [5.41, 5.74) is 1.96. The second kappa shape index (κ2) is 5.31. The number of benzene rings is 1. The van der Waals surface area contributed by atoms with E-state index in [1.54, 1.807) is 0 Å². The molecule has 2 N–H and O–H groups in total. The van der Waals surface area contributed by atoms with E-state index in [4.69, 9.17) is 5.11 Å². The van der Waals surface area contributed by atoms with Crippen LogP contribution in [0, 0.1) is 18.3 Å². The molecule has 19 heavy (non-hydrogen) atoms. The molecular weight excluding hydrogens is 240 g/mol. The molecule has 1 aromatic carbocycles. The van der Waals surface area contributed by atoms with Crippen LogP contribution in [0.1, 0.15) is 43.2 Å². The topological polar surface area (TPSA) is 73.1 Å². The molecule has 0 aromatic heterocycles. The lowest BCUT2D eigenvalue weighted by Crippen LogP contribution is -2.37. The van der Waals surface area contributed by atoms with E-state index < -0.39 is 11.5 Å². The summed E-state index contributed by atoms with van der Waals surface area (Å²) in [7, 11) is 0. The van der Waals surface area contributed by atoms with Gasteiger partial charge in [-0.1, -0.05) is 18.9 Å². The zero-order chi connectivity index (χ0) is 13.9. The van der Waals surface area contributed by atoms with Crippen molar-refractivity contribution in [3.8, 4) is 6.07 Å². The van der Waals surface area contributed by atoms with E-state index in [-0.39, 0.29) is 6.42 Å². The van der Waals surface area contributed by atoms with Crippen molar-refractivity contribution < 1.29 is 9.90 Å². The fourth-order valence-electron chi connectivity index (χ4n) is 2.83. The lowest BCUT2D eigenvalue weighted by molar-refractivity contribution is -0.138. The second-order valence-corrected chi connectivity index (χ2v) is 5.34. The maximum absolute atomic E-state index is 11.1. The number of nitriles is 1. The van der Waals surface area contributed by atoms with Gasteiger partial charge in [0.2, 0.25) is 0 Å². The van der Waals surface area contributed by atoms with E-state index in [1.165, 1.54) is 0 Å². The third kappa shape index (κ3) is 3.05. The Morgan fingerprint density at radius 3 is 2.74 bits per heavy atom. The van der Waals surface area contributed by atoms with Crippen molar-refractivity contribution in [3.05, 3.63) is 29.3 Å². The molecule has 1 fully saturated rings. The lowest BCUT2D eigenvalue weighted by Gasteiger charge is -2.30. The van der Waals surface area contributed by atoms with Crippen molar-refractivity contribution in [1.82, 2.24) is 0 Å². The molecule has 0 saturated heterocycles. The third-order valence-corrected chi connectivity index (χ3v) is 3.75. The summed E-state index contributed by atoms with van der Waals surface area (Å²) in [6, 6.07) is 7.80. The van der Waals surface area contributed by atoms with Crippen molar-refractivity contribution in [2.75, 3.05) is 5.32 Å². The molecule has 0 aliphatic heterocycles. The van der Waals surface area contributed by atoms with E-state index in [2.05, 4.69) is 11.4 Å². The maximum Gasteiger partial charge on any atom is 0.305 e. The summed E-state index contributed by atoms with van der Waals surface area (Å²) in [6.45, 7) is 1.94. The van der Waals surface area contributed by atoms with Gasteiger partial charge in [-0.25, -0.2) is 0 Å². The van der Waals surface area contributed by atoms with Gasteiger partial charge in [0, 0.05) is 5.54 Å². The Morgan fingerprint density at radius 1 is 1.47 bits per heavy atom. The fourth-order valence-corrected chi connectivity index (χ4v) is 2.83. The summed E-state index contributed by atoms with van der Waals surface area (Å²) in [5.74, 6) is -0.792. The number of carbonyl (C=O) groups is 1. The normalized spacial score (nSPS) is 16.8. The van der Waals surface area contributed by atoms with Crippen molar-refractivity contribution in [3.63, 3.8) is 0 Å². The quantitative estimate of drug-likeness (QED) is 0.870.